The lowest BCUT2D eigenvalue weighted by Gasteiger charge is -2.25. The molecule has 2 aliphatic heterocycles. The largest absolute Gasteiger partial charge is 0.496 e. The molecule has 6 nitrogen and oxygen atoms in total. The lowest BCUT2D eigenvalue weighted by molar-refractivity contribution is -0.126. The van der Waals surface area contributed by atoms with E-state index in [2.05, 4.69) is 10.2 Å². The number of hydrogen-bond donors (Lipinski definition) is 1. The number of nitrogens with one attached hydrogen (secondary N) is 1. The van der Waals surface area contributed by atoms with Gasteiger partial charge in [0.2, 0.25) is 5.91 Å². The first-order chi connectivity index (χ1) is 11.7. The molecule has 1 aromatic carbocycles. The van der Waals surface area contributed by atoms with Gasteiger partial charge >= 0.3 is 0 Å². The van der Waals surface area contributed by atoms with E-state index < -0.39 is 0 Å². The van der Waals surface area contributed by atoms with Gasteiger partial charge in [-0.1, -0.05) is 12.8 Å². The molecule has 1 saturated heterocycles. The molecule has 1 unspecified atom stereocenters. The fraction of sp³-hybridized carbons (Fsp3) is 0.611. The summed E-state index contributed by atoms with van der Waals surface area (Å²) in [5, 5.41) is 3.05. The molecule has 2 aliphatic rings. The SMILES string of the molecule is COc1cc2c(cc1CNC(=O)C1CCCCCN1C)OCCO2. The Kier molecular flexibility index (Phi) is 5.45. The lowest BCUT2D eigenvalue weighted by atomic mass is 10.1. The Morgan fingerprint density at radius 2 is 2.00 bits per heavy atom. The lowest BCUT2D eigenvalue weighted by Crippen LogP contribution is -2.44. The van der Waals surface area contributed by atoms with Gasteiger partial charge in [-0.25, -0.2) is 0 Å². The maximum absolute atomic E-state index is 12.6. The second-order valence-corrected chi connectivity index (χ2v) is 6.37. The summed E-state index contributed by atoms with van der Waals surface area (Å²) in [5.74, 6) is 2.18. The number of nitrogens with zero attached hydrogens (tertiary/aromatic N) is 1. The number of amides is 1. The molecule has 6 heteroatoms. The average Bonchev–Trinajstić information content (AvgIpc) is 2.83. The summed E-state index contributed by atoms with van der Waals surface area (Å²) in [6.07, 6.45) is 4.39. The van der Waals surface area contributed by atoms with E-state index in [1.165, 1.54) is 6.42 Å². The third kappa shape index (κ3) is 3.75. The second kappa shape index (κ2) is 7.75. The van der Waals surface area contributed by atoms with Gasteiger partial charge in [0.05, 0.1) is 13.2 Å². The van der Waals surface area contributed by atoms with Crippen molar-refractivity contribution in [2.75, 3.05) is 33.9 Å². The van der Waals surface area contributed by atoms with Gasteiger partial charge < -0.3 is 19.5 Å². The number of carbonyl (C=O) groups is 1. The van der Waals surface area contributed by atoms with Crippen LogP contribution >= 0.6 is 0 Å². The Balaban J connectivity index is 1.68. The molecule has 0 radical (unpaired) electrons. The first kappa shape index (κ1) is 16.9. The number of hydrogen-bond acceptors (Lipinski definition) is 5. The summed E-state index contributed by atoms with van der Waals surface area (Å²) in [7, 11) is 3.65. The van der Waals surface area contributed by atoms with Crippen molar-refractivity contribution in [3.8, 4) is 17.2 Å². The zero-order chi connectivity index (χ0) is 16.9. The van der Waals surface area contributed by atoms with E-state index in [1.807, 2.05) is 19.2 Å². The number of benzene rings is 1. The van der Waals surface area contributed by atoms with Crippen molar-refractivity contribution in [2.24, 2.45) is 0 Å². The molecule has 1 N–H and O–H groups in total. The van der Waals surface area contributed by atoms with Gasteiger partial charge in [-0.15, -0.1) is 0 Å². The molecule has 1 amide bonds. The number of likely N-dealkylation sites (N-methyl/N-ethyl adjacent to an activating group) is 1. The maximum Gasteiger partial charge on any atom is 0.237 e. The van der Waals surface area contributed by atoms with Crippen molar-refractivity contribution in [1.29, 1.82) is 0 Å². The van der Waals surface area contributed by atoms with Crippen molar-refractivity contribution in [3.05, 3.63) is 17.7 Å². The van der Waals surface area contributed by atoms with Crippen LogP contribution in [0.4, 0.5) is 0 Å². The third-order valence-corrected chi connectivity index (χ3v) is 4.72. The summed E-state index contributed by atoms with van der Waals surface area (Å²) >= 11 is 0. The molecule has 1 aromatic rings. The van der Waals surface area contributed by atoms with E-state index in [9.17, 15) is 4.79 Å². The Bertz CT molecular complexity index is 591. The molecule has 0 aromatic heterocycles. The highest BCUT2D eigenvalue weighted by atomic mass is 16.6. The monoisotopic (exact) mass is 334 g/mol. The van der Waals surface area contributed by atoms with Crippen LogP contribution in [0.15, 0.2) is 12.1 Å². The number of fused-ring (bicyclic) bond motifs is 1. The van der Waals surface area contributed by atoms with Crippen LogP contribution in [0.25, 0.3) is 0 Å². The Hall–Kier alpha value is -1.95. The molecular formula is C18H26N2O4. The Morgan fingerprint density at radius 3 is 2.75 bits per heavy atom. The van der Waals surface area contributed by atoms with E-state index in [-0.39, 0.29) is 11.9 Å². The summed E-state index contributed by atoms with van der Waals surface area (Å²) in [6.45, 7) is 2.48. The highest BCUT2D eigenvalue weighted by Gasteiger charge is 2.25. The molecule has 0 saturated carbocycles. The Labute approximate surface area is 143 Å². The van der Waals surface area contributed by atoms with Crippen molar-refractivity contribution in [2.45, 2.75) is 38.3 Å². The maximum atomic E-state index is 12.6. The van der Waals surface area contributed by atoms with Crippen molar-refractivity contribution in [3.63, 3.8) is 0 Å². The molecule has 0 spiro atoms. The van der Waals surface area contributed by atoms with Gasteiger partial charge in [-0.3, -0.25) is 9.69 Å². The molecule has 132 valence electrons. The minimum atomic E-state index is -0.0456. The van der Waals surface area contributed by atoms with Crippen LogP contribution in [0.3, 0.4) is 0 Å². The Morgan fingerprint density at radius 1 is 1.25 bits per heavy atom. The number of methoxy groups -OCH3 is 1. The second-order valence-electron chi connectivity index (χ2n) is 6.37. The number of carbonyl (C=O) groups excluding carboxylic acids is 1. The van der Waals surface area contributed by atoms with Crippen LogP contribution in [0.5, 0.6) is 17.2 Å². The first-order valence-corrected chi connectivity index (χ1v) is 8.63. The number of likely N-dealkylation sites (tertiary alicyclic amines) is 1. The fourth-order valence-corrected chi connectivity index (χ4v) is 3.32. The van der Waals surface area contributed by atoms with Gasteiger partial charge in [0.1, 0.15) is 19.0 Å². The van der Waals surface area contributed by atoms with Crippen molar-refractivity contribution in [1.82, 2.24) is 10.2 Å². The minimum Gasteiger partial charge on any atom is -0.496 e. The van der Waals surface area contributed by atoms with Gasteiger partial charge in [-0.05, 0) is 32.5 Å². The van der Waals surface area contributed by atoms with Crippen molar-refractivity contribution < 1.29 is 19.0 Å². The van der Waals surface area contributed by atoms with E-state index in [0.717, 1.165) is 31.4 Å². The fourth-order valence-electron chi connectivity index (χ4n) is 3.32. The van der Waals surface area contributed by atoms with Gasteiger partial charge in [0.25, 0.3) is 0 Å². The number of ether oxygens (including phenoxy) is 3. The zero-order valence-corrected chi connectivity index (χ0v) is 14.5. The molecule has 2 heterocycles. The van der Waals surface area contributed by atoms with E-state index in [0.29, 0.717) is 37.0 Å². The highest BCUT2D eigenvalue weighted by Crippen LogP contribution is 2.36. The minimum absolute atomic E-state index is 0.0456. The molecule has 3 rings (SSSR count). The topological polar surface area (TPSA) is 60.0 Å². The zero-order valence-electron chi connectivity index (χ0n) is 14.5. The van der Waals surface area contributed by atoms with Crippen molar-refractivity contribution >= 4 is 5.91 Å². The van der Waals surface area contributed by atoms with Crippen LogP contribution in [-0.4, -0.2) is 50.8 Å². The quantitative estimate of drug-likeness (QED) is 0.912. The van der Waals surface area contributed by atoms with Crippen LogP contribution in [-0.2, 0) is 11.3 Å². The molecule has 24 heavy (non-hydrogen) atoms. The molecule has 1 atom stereocenters. The summed E-state index contributed by atoms with van der Waals surface area (Å²) in [5.41, 5.74) is 0.895. The predicted molar refractivity (Wildman–Crippen MR) is 90.7 cm³/mol. The molecule has 0 aliphatic carbocycles. The van der Waals surface area contributed by atoms with E-state index >= 15 is 0 Å². The van der Waals surface area contributed by atoms with Crippen LogP contribution in [0, 0.1) is 0 Å². The van der Waals surface area contributed by atoms with Crippen LogP contribution in [0.1, 0.15) is 31.2 Å². The predicted octanol–water partition coefficient (Wildman–Crippen LogP) is 1.96. The van der Waals surface area contributed by atoms with Crippen LogP contribution in [0.2, 0.25) is 0 Å². The van der Waals surface area contributed by atoms with Gasteiger partial charge in [-0.2, -0.15) is 0 Å². The van der Waals surface area contributed by atoms with Gasteiger partial charge in [0.15, 0.2) is 11.5 Å². The standard InChI is InChI=1S/C18H26N2O4/c1-20-7-5-3-4-6-14(20)18(21)19-12-13-10-16-17(11-15(13)22-2)24-9-8-23-16/h10-11,14H,3-9,12H2,1-2H3,(H,19,21). The van der Waals surface area contributed by atoms with Gasteiger partial charge in [0, 0.05) is 18.2 Å². The molecular weight excluding hydrogens is 308 g/mol. The molecule has 0 bridgehead atoms. The van der Waals surface area contributed by atoms with E-state index in [4.69, 9.17) is 14.2 Å². The summed E-state index contributed by atoms with van der Waals surface area (Å²) < 4.78 is 16.6. The number of rotatable bonds is 4. The first-order valence-electron chi connectivity index (χ1n) is 8.63. The normalized spacial score (nSPS) is 21.0. The highest BCUT2D eigenvalue weighted by molar-refractivity contribution is 5.81. The molecule has 1 fully saturated rings. The van der Waals surface area contributed by atoms with Crippen LogP contribution < -0.4 is 19.5 Å². The smallest absolute Gasteiger partial charge is 0.237 e. The summed E-state index contributed by atoms with van der Waals surface area (Å²) in [6, 6.07) is 3.67. The average molecular weight is 334 g/mol. The third-order valence-electron chi connectivity index (χ3n) is 4.72. The van der Waals surface area contributed by atoms with E-state index in [1.54, 1.807) is 7.11 Å². The summed E-state index contributed by atoms with van der Waals surface area (Å²) in [4.78, 5) is 14.7.